The molecule has 0 unspecified atom stereocenters. The molecule has 0 amide bonds. The van der Waals surface area contributed by atoms with Crippen molar-refractivity contribution in [2.45, 2.75) is 19.3 Å². The van der Waals surface area contributed by atoms with Gasteiger partial charge in [0.25, 0.3) is 0 Å². The van der Waals surface area contributed by atoms with Crippen LogP contribution in [0.15, 0.2) is 42.5 Å². The number of nitrogens with two attached hydrogens (primary N) is 1. The molecule has 0 aliphatic heterocycles. The van der Waals surface area contributed by atoms with Gasteiger partial charge in [-0.25, -0.2) is 8.78 Å². The Hall–Kier alpha value is -2.23. The highest BCUT2D eigenvalue weighted by atomic mass is 19.1. The molecule has 104 valence electrons. The van der Waals surface area contributed by atoms with Gasteiger partial charge >= 0.3 is 0 Å². The van der Waals surface area contributed by atoms with Gasteiger partial charge in [0.1, 0.15) is 11.6 Å². The molecule has 0 aliphatic rings. The Balaban J connectivity index is 2.42. The van der Waals surface area contributed by atoms with Gasteiger partial charge in [-0.1, -0.05) is 12.1 Å². The number of nitrogen functional groups attached to an aromatic ring is 1. The maximum Gasteiger partial charge on any atom is 0.172 e. The van der Waals surface area contributed by atoms with E-state index in [-0.39, 0.29) is 11.5 Å². The van der Waals surface area contributed by atoms with E-state index in [1.165, 1.54) is 24.3 Å². The Kier molecular flexibility index (Phi) is 3.57. The Morgan fingerprint density at radius 3 is 2.40 bits per heavy atom. The minimum atomic E-state index is -0.924. The number of halogens is 2. The fraction of sp³-hybridized carbons (Fsp3) is 0.188. The summed E-state index contributed by atoms with van der Waals surface area (Å²) in [5, 5.41) is 0. The quantitative estimate of drug-likeness (QED) is 0.685. The van der Waals surface area contributed by atoms with Crippen molar-refractivity contribution in [1.82, 2.24) is 0 Å². The summed E-state index contributed by atoms with van der Waals surface area (Å²) in [4.78, 5) is 12.5. The van der Waals surface area contributed by atoms with Crippen LogP contribution in [-0.2, 0) is 5.41 Å². The summed E-state index contributed by atoms with van der Waals surface area (Å²) in [7, 11) is 0. The number of Topliss-reactive ketones (excluding diaryl/α,β-unsaturated/α-hetero) is 1. The summed E-state index contributed by atoms with van der Waals surface area (Å²) < 4.78 is 26.4. The SMILES string of the molecule is CC(C)(C(=O)c1ccc(F)c(N)c1)c1cccc(F)c1. The number of carbonyl (C=O) groups is 1. The van der Waals surface area contributed by atoms with E-state index in [2.05, 4.69) is 0 Å². The first kappa shape index (κ1) is 14.2. The van der Waals surface area contributed by atoms with E-state index in [1.807, 2.05) is 0 Å². The maximum absolute atomic E-state index is 13.3. The van der Waals surface area contributed by atoms with Crippen molar-refractivity contribution in [1.29, 1.82) is 0 Å². The summed E-state index contributed by atoms with van der Waals surface area (Å²) in [5.41, 5.74) is 5.34. The van der Waals surface area contributed by atoms with Gasteiger partial charge in [0.2, 0.25) is 0 Å². The topological polar surface area (TPSA) is 43.1 Å². The molecule has 0 aromatic heterocycles. The third-order valence-corrected chi connectivity index (χ3v) is 3.37. The van der Waals surface area contributed by atoms with Gasteiger partial charge in [-0.2, -0.15) is 0 Å². The smallest absolute Gasteiger partial charge is 0.172 e. The predicted molar refractivity (Wildman–Crippen MR) is 74.6 cm³/mol. The van der Waals surface area contributed by atoms with Gasteiger partial charge in [-0.3, -0.25) is 4.79 Å². The molecule has 2 aromatic rings. The van der Waals surface area contributed by atoms with Gasteiger partial charge in [-0.05, 0) is 49.7 Å². The van der Waals surface area contributed by atoms with Crippen molar-refractivity contribution in [2.75, 3.05) is 5.73 Å². The van der Waals surface area contributed by atoms with Crippen molar-refractivity contribution < 1.29 is 13.6 Å². The van der Waals surface area contributed by atoms with E-state index >= 15 is 0 Å². The van der Waals surface area contributed by atoms with E-state index in [9.17, 15) is 13.6 Å². The number of hydrogen-bond donors (Lipinski definition) is 1. The monoisotopic (exact) mass is 275 g/mol. The number of anilines is 1. The van der Waals surface area contributed by atoms with Crippen LogP contribution < -0.4 is 5.73 Å². The van der Waals surface area contributed by atoms with Crippen LogP contribution in [0.4, 0.5) is 14.5 Å². The Morgan fingerprint density at radius 2 is 1.80 bits per heavy atom. The third-order valence-electron chi connectivity index (χ3n) is 3.37. The van der Waals surface area contributed by atoms with Crippen molar-refractivity contribution >= 4 is 11.5 Å². The molecule has 0 fully saturated rings. The number of ketones is 1. The van der Waals surface area contributed by atoms with Gasteiger partial charge in [-0.15, -0.1) is 0 Å². The molecule has 0 aliphatic carbocycles. The fourth-order valence-electron chi connectivity index (χ4n) is 2.05. The van der Waals surface area contributed by atoms with Crippen LogP contribution in [-0.4, -0.2) is 5.78 Å². The summed E-state index contributed by atoms with van der Waals surface area (Å²) >= 11 is 0. The summed E-state index contributed by atoms with van der Waals surface area (Å²) in [5.74, 6) is -1.21. The summed E-state index contributed by atoms with van der Waals surface area (Å²) in [6, 6.07) is 9.73. The molecule has 2 nitrogen and oxygen atoms in total. The van der Waals surface area contributed by atoms with E-state index in [1.54, 1.807) is 26.0 Å². The molecule has 0 saturated carbocycles. The van der Waals surface area contributed by atoms with Crippen LogP contribution in [0, 0.1) is 11.6 Å². The number of benzene rings is 2. The van der Waals surface area contributed by atoms with Gasteiger partial charge in [0.15, 0.2) is 5.78 Å². The Bertz CT molecular complexity index is 665. The standard InChI is InChI=1S/C16H15F2NO/c1-16(2,11-4-3-5-12(17)9-11)15(20)10-6-7-13(18)14(19)8-10/h3-9H,19H2,1-2H3. The molecular formula is C16H15F2NO. The Labute approximate surface area is 116 Å². The van der Waals surface area contributed by atoms with Crippen molar-refractivity contribution in [3.63, 3.8) is 0 Å². The number of carbonyl (C=O) groups excluding carboxylic acids is 1. The first-order chi connectivity index (χ1) is 9.32. The van der Waals surface area contributed by atoms with Crippen molar-refractivity contribution in [2.24, 2.45) is 0 Å². The molecular weight excluding hydrogens is 260 g/mol. The molecule has 0 saturated heterocycles. The average Bonchev–Trinajstić information content (AvgIpc) is 2.41. The molecule has 20 heavy (non-hydrogen) atoms. The van der Waals surface area contributed by atoms with Crippen LogP contribution in [0.5, 0.6) is 0 Å². The van der Waals surface area contributed by atoms with E-state index in [0.717, 1.165) is 6.07 Å². The molecule has 0 spiro atoms. The zero-order chi connectivity index (χ0) is 14.9. The zero-order valence-electron chi connectivity index (χ0n) is 11.3. The minimum absolute atomic E-state index is 0.0779. The third kappa shape index (κ3) is 2.54. The van der Waals surface area contributed by atoms with Crippen molar-refractivity contribution in [3.05, 3.63) is 65.2 Å². The van der Waals surface area contributed by atoms with Crippen molar-refractivity contribution in [3.8, 4) is 0 Å². The molecule has 2 rings (SSSR count). The second kappa shape index (κ2) is 5.04. The minimum Gasteiger partial charge on any atom is -0.396 e. The second-order valence-corrected chi connectivity index (χ2v) is 5.20. The highest BCUT2D eigenvalue weighted by molar-refractivity contribution is 6.04. The first-order valence-electron chi connectivity index (χ1n) is 6.18. The lowest BCUT2D eigenvalue weighted by Gasteiger charge is -2.24. The van der Waals surface area contributed by atoms with Crippen LogP contribution in [0.1, 0.15) is 29.8 Å². The molecule has 2 aromatic carbocycles. The molecule has 0 atom stereocenters. The van der Waals surface area contributed by atoms with E-state index in [4.69, 9.17) is 5.73 Å². The average molecular weight is 275 g/mol. The predicted octanol–water partition coefficient (Wildman–Crippen LogP) is 3.71. The lowest BCUT2D eigenvalue weighted by atomic mass is 9.78. The van der Waals surface area contributed by atoms with Gasteiger partial charge in [0.05, 0.1) is 11.1 Å². The second-order valence-electron chi connectivity index (χ2n) is 5.20. The summed E-state index contributed by atoms with van der Waals surface area (Å²) in [6.45, 7) is 3.40. The Morgan fingerprint density at radius 1 is 1.10 bits per heavy atom. The lowest BCUT2D eigenvalue weighted by molar-refractivity contribution is 0.0908. The number of rotatable bonds is 3. The highest BCUT2D eigenvalue weighted by Gasteiger charge is 2.31. The van der Waals surface area contributed by atoms with Crippen LogP contribution >= 0.6 is 0 Å². The molecule has 0 heterocycles. The normalized spacial score (nSPS) is 11.4. The number of hydrogen-bond acceptors (Lipinski definition) is 2. The van der Waals surface area contributed by atoms with Gasteiger partial charge < -0.3 is 5.73 Å². The maximum atomic E-state index is 13.3. The first-order valence-corrected chi connectivity index (χ1v) is 6.18. The zero-order valence-corrected chi connectivity index (χ0v) is 11.3. The van der Waals surface area contributed by atoms with E-state index < -0.39 is 17.0 Å². The van der Waals surface area contributed by atoms with Crippen LogP contribution in [0.2, 0.25) is 0 Å². The summed E-state index contributed by atoms with van der Waals surface area (Å²) in [6.07, 6.45) is 0. The molecule has 4 heteroatoms. The molecule has 0 radical (unpaired) electrons. The molecule has 0 bridgehead atoms. The molecule has 2 N–H and O–H groups in total. The lowest BCUT2D eigenvalue weighted by Crippen LogP contribution is -2.29. The van der Waals surface area contributed by atoms with Crippen LogP contribution in [0.25, 0.3) is 0 Å². The van der Waals surface area contributed by atoms with Gasteiger partial charge in [0, 0.05) is 5.56 Å². The fourth-order valence-corrected chi connectivity index (χ4v) is 2.05. The highest BCUT2D eigenvalue weighted by Crippen LogP contribution is 2.29. The van der Waals surface area contributed by atoms with E-state index in [0.29, 0.717) is 11.1 Å². The van der Waals surface area contributed by atoms with Crippen LogP contribution in [0.3, 0.4) is 0 Å². The largest absolute Gasteiger partial charge is 0.396 e.